The first-order valence-electron chi connectivity index (χ1n) is 9.39. The smallest absolute Gasteiger partial charge is 0.274 e. The number of methoxy groups -OCH3 is 1. The third-order valence-corrected chi connectivity index (χ3v) is 5.25. The van der Waals surface area contributed by atoms with Gasteiger partial charge >= 0.3 is 0 Å². The quantitative estimate of drug-likeness (QED) is 0.826. The Morgan fingerprint density at radius 2 is 1.93 bits per heavy atom. The molecule has 3 heterocycles. The maximum atomic E-state index is 12.9. The van der Waals surface area contributed by atoms with Gasteiger partial charge in [0, 0.05) is 25.2 Å². The van der Waals surface area contributed by atoms with E-state index in [-0.39, 0.29) is 12.2 Å². The number of piperidine rings is 1. The van der Waals surface area contributed by atoms with E-state index in [9.17, 15) is 4.79 Å². The van der Waals surface area contributed by atoms with Crippen LogP contribution in [-0.2, 0) is 9.47 Å². The van der Waals surface area contributed by atoms with Gasteiger partial charge in [0.25, 0.3) is 5.91 Å². The molecule has 2 aromatic rings. The maximum Gasteiger partial charge on any atom is 0.274 e. The van der Waals surface area contributed by atoms with Crippen LogP contribution in [0.15, 0.2) is 30.5 Å². The van der Waals surface area contributed by atoms with Crippen LogP contribution in [0, 0.1) is 12.8 Å². The highest BCUT2D eigenvalue weighted by molar-refractivity contribution is 5.92. The fourth-order valence-electron chi connectivity index (χ4n) is 3.74. The lowest BCUT2D eigenvalue weighted by Gasteiger charge is -2.33. The SMILES string of the molecule is COc1ccc(C)cc1-n1ccc(C(=O)N2CCC(C3OCCO3)CC2)n1. The lowest BCUT2D eigenvalue weighted by molar-refractivity contribution is -0.0956. The number of benzene rings is 1. The van der Waals surface area contributed by atoms with Crippen LogP contribution in [0.4, 0.5) is 0 Å². The van der Waals surface area contributed by atoms with E-state index in [1.54, 1.807) is 24.1 Å². The molecule has 0 bridgehead atoms. The summed E-state index contributed by atoms with van der Waals surface area (Å²) in [6.07, 6.45) is 3.48. The summed E-state index contributed by atoms with van der Waals surface area (Å²) in [4.78, 5) is 14.7. The normalized spacial score (nSPS) is 18.8. The first-order valence-corrected chi connectivity index (χ1v) is 9.39. The minimum absolute atomic E-state index is 0.0351. The molecule has 7 heteroatoms. The zero-order valence-electron chi connectivity index (χ0n) is 15.8. The Kier molecular flexibility index (Phi) is 5.13. The first-order chi connectivity index (χ1) is 13.2. The Labute approximate surface area is 158 Å². The lowest BCUT2D eigenvalue weighted by atomic mass is 9.96. The molecular weight excluding hydrogens is 346 g/mol. The van der Waals surface area contributed by atoms with Crippen molar-refractivity contribution in [3.63, 3.8) is 0 Å². The summed E-state index contributed by atoms with van der Waals surface area (Å²) in [5.41, 5.74) is 2.38. The standard InChI is InChI=1S/C20H25N3O4/c1-14-3-4-18(25-2)17(13-14)23-10-7-16(21-23)19(24)22-8-5-15(6-9-22)20-26-11-12-27-20/h3-4,7,10,13,15,20H,5-6,8-9,11-12H2,1-2H3. The minimum Gasteiger partial charge on any atom is -0.494 e. The van der Waals surface area contributed by atoms with Gasteiger partial charge in [0.2, 0.25) is 0 Å². The van der Waals surface area contributed by atoms with Crippen molar-refractivity contribution in [3.05, 3.63) is 41.7 Å². The average molecular weight is 371 g/mol. The van der Waals surface area contributed by atoms with Crippen molar-refractivity contribution in [1.82, 2.24) is 14.7 Å². The predicted molar refractivity (Wildman–Crippen MR) is 99.2 cm³/mol. The van der Waals surface area contributed by atoms with Gasteiger partial charge in [-0.1, -0.05) is 6.07 Å². The fraction of sp³-hybridized carbons (Fsp3) is 0.500. The van der Waals surface area contributed by atoms with E-state index >= 15 is 0 Å². The molecule has 0 N–H and O–H groups in total. The van der Waals surface area contributed by atoms with Gasteiger partial charge in [0.05, 0.1) is 20.3 Å². The van der Waals surface area contributed by atoms with Crippen LogP contribution < -0.4 is 4.74 Å². The lowest BCUT2D eigenvalue weighted by Crippen LogP contribution is -2.41. The van der Waals surface area contributed by atoms with Crippen molar-refractivity contribution in [2.24, 2.45) is 5.92 Å². The van der Waals surface area contributed by atoms with Gasteiger partial charge in [-0.15, -0.1) is 0 Å². The zero-order chi connectivity index (χ0) is 18.8. The third-order valence-electron chi connectivity index (χ3n) is 5.25. The van der Waals surface area contributed by atoms with Gasteiger partial charge in [0.15, 0.2) is 12.0 Å². The predicted octanol–water partition coefficient (Wildman–Crippen LogP) is 2.41. The van der Waals surface area contributed by atoms with Crippen molar-refractivity contribution >= 4 is 5.91 Å². The summed E-state index contributed by atoms with van der Waals surface area (Å²) in [5, 5.41) is 4.50. The van der Waals surface area contributed by atoms with Crippen LogP contribution in [0.5, 0.6) is 5.75 Å². The molecule has 0 atom stereocenters. The molecule has 0 radical (unpaired) electrons. The number of aromatic nitrogens is 2. The molecule has 1 aromatic heterocycles. The molecule has 0 spiro atoms. The van der Waals surface area contributed by atoms with E-state index in [1.165, 1.54) is 0 Å². The number of amides is 1. The van der Waals surface area contributed by atoms with E-state index in [0.29, 0.717) is 37.9 Å². The molecular formula is C20H25N3O4. The maximum absolute atomic E-state index is 12.9. The molecule has 7 nitrogen and oxygen atoms in total. The molecule has 27 heavy (non-hydrogen) atoms. The first kappa shape index (κ1) is 18.0. The highest BCUT2D eigenvalue weighted by atomic mass is 16.7. The number of hydrogen-bond acceptors (Lipinski definition) is 5. The summed E-state index contributed by atoms with van der Waals surface area (Å²) in [5.74, 6) is 1.05. The number of carbonyl (C=O) groups excluding carboxylic acids is 1. The Morgan fingerprint density at radius 3 is 2.63 bits per heavy atom. The number of rotatable bonds is 4. The molecule has 2 saturated heterocycles. The highest BCUT2D eigenvalue weighted by Crippen LogP contribution is 2.27. The Balaban J connectivity index is 1.44. The van der Waals surface area contributed by atoms with E-state index in [1.807, 2.05) is 30.0 Å². The monoisotopic (exact) mass is 371 g/mol. The van der Waals surface area contributed by atoms with Gasteiger partial charge < -0.3 is 19.1 Å². The second-order valence-corrected chi connectivity index (χ2v) is 7.06. The zero-order valence-corrected chi connectivity index (χ0v) is 15.8. The van der Waals surface area contributed by atoms with Crippen LogP contribution in [-0.4, -0.2) is 60.3 Å². The van der Waals surface area contributed by atoms with Crippen LogP contribution >= 0.6 is 0 Å². The average Bonchev–Trinajstić information content (AvgIpc) is 3.40. The number of ether oxygens (including phenoxy) is 3. The van der Waals surface area contributed by atoms with Crippen molar-refractivity contribution in [3.8, 4) is 11.4 Å². The summed E-state index contributed by atoms with van der Waals surface area (Å²) in [6, 6.07) is 7.65. The molecule has 0 unspecified atom stereocenters. The molecule has 1 aromatic carbocycles. The van der Waals surface area contributed by atoms with Gasteiger partial charge in [-0.25, -0.2) is 4.68 Å². The van der Waals surface area contributed by atoms with Crippen molar-refractivity contribution in [2.75, 3.05) is 33.4 Å². The molecule has 0 saturated carbocycles. The topological polar surface area (TPSA) is 65.8 Å². The van der Waals surface area contributed by atoms with Gasteiger partial charge in [-0.05, 0) is 43.5 Å². The Hall–Kier alpha value is -2.38. The highest BCUT2D eigenvalue weighted by Gasteiger charge is 2.32. The van der Waals surface area contributed by atoms with Crippen molar-refractivity contribution < 1.29 is 19.0 Å². The molecule has 4 rings (SSSR count). The second kappa shape index (κ2) is 7.70. The Bertz CT molecular complexity index is 805. The van der Waals surface area contributed by atoms with Crippen LogP contribution in [0.2, 0.25) is 0 Å². The number of hydrogen-bond donors (Lipinski definition) is 0. The summed E-state index contributed by atoms with van der Waals surface area (Å²) >= 11 is 0. The summed E-state index contributed by atoms with van der Waals surface area (Å²) in [6.45, 7) is 4.76. The van der Waals surface area contributed by atoms with Crippen LogP contribution in [0.25, 0.3) is 5.69 Å². The van der Waals surface area contributed by atoms with Crippen molar-refractivity contribution in [2.45, 2.75) is 26.1 Å². The number of aryl methyl sites for hydroxylation is 1. The number of likely N-dealkylation sites (tertiary alicyclic amines) is 1. The molecule has 0 aliphatic carbocycles. The second-order valence-electron chi connectivity index (χ2n) is 7.06. The van der Waals surface area contributed by atoms with Gasteiger partial charge in [-0.3, -0.25) is 4.79 Å². The third kappa shape index (κ3) is 3.70. The summed E-state index contributed by atoms with van der Waals surface area (Å²) in [7, 11) is 1.63. The Morgan fingerprint density at radius 1 is 1.19 bits per heavy atom. The number of nitrogens with zero attached hydrogens (tertiary/aromatic N) is 3. The van der Waals surface area contributed by atoms with Crippen molar-refractivity contribution in [1.29, 1.82) is 0 Å². The molecule has 1 amide bonds. The molecule has 2 aliphatic rings. The van der Waals surface area contributed by atoms with Gasteiger partial charge in [-0.2, -0.15) is 5.10 Å². The molecule has 2 fully saturated rings. The minimum atomic E-state index is -0.102. The largest absolute Gasteiger partial charge is 0.494 e. The van der Waals surface area contributed by atoms with Gasteiger partial charge in [0.1, 0.15) is 11.4 Å². The number of carbonyl (C=O) groups is 1. The van der Waals surface area contributed by atoms with E-state index in [4.69, 9.17) is 14.2 Å². The summed E-state index contributed by atoms with van der Waals surface area (Å²) < 4.78 is 18.3. The van der Waals surface area contributed by atoms with Crippen LogP contribution in [0.3, 0.4) is 0 Å². The molecule has 2 aliphatic heterocycles. The molecule has 144 valence electrons. The van der Waals surface area contributed by atoms with E-state index in [2.05, 4.69) is 5.10 Å². The fourth-order valence-corrected chi connectivity index (χ4v) is 3.74. The van der Waals surface area contributed by atoms with E-state index in [0.717, 1.165) is 29.8 Å². The van der Waals surface area contributed by atoms with E-state index < -0.39 is 0 Å². The van der Waals surface area contributed by atoms with Crippen LogP contribution in [0.1, 0.15) is 28.9 Å².